The van der Waals surface area contributed by atoms with E-state index in [0.29, 0.717) is 0 Å². The number of rotatable bonds is 7. The highest BCUT2D eigenvalue weighted by Gasteiger charge is 2.25. The topological polar surface area (TPSA) is 33.1 Å². The molecule has 0 radical (unpaired) electrons. The molecule has 1 fully saturated rings. The van der Waals surface area contributed by atoms with Crippen LogP contribution in [0.15, 0.2) is 12.5 Å². The Morgan fingerprint density at radius 1 is 1.56 bits per heavy atom. The first-order chi connectivity index (χ1) is 7.81. The van der Waals surface area contributed by atoms with Gasteiger partial charge in [-0.1, -0.05) is 0 Å². The summed E-state index contributed by atoms with van der Waals surface area (Å²) in [5, 5.41) is 3.18. The highest BCUT2D eigenvalue weighted by Crippen LogP contribution is 2.35. The van der Waals surface area contributed by atoms with E-state index in [1.54, 1.807) is 0 Å². The van der Waals surface area contributed by atoms with E-state index in [9.17, 15) is 0 Å². The lowest BCUT2D eigenvalue weighted by Crippen LogP contribution is -2.23. The highest BCUT2D eigenvalue weighted by molar-refractivity contribution is 5.03. The number of aromatic nitrogens is 2. The van der Waals surface area contributed by atoms with Crippen LogP contribution in [-0.4, -0.2) is 41.6 Å². The van der Waals surface area contributed by atoms with E-state index in [1.165, 1.54) is 25.0 Å². The Labute approximate surface area is 97.7 Å². The van der Waals surface area contributed by atoms with Gasteiger partial charge >= 0.3 is 0 Å². The second-order valence-electron chi connectivity index (χ2n) is 4.72. The Morgan fingerprint density at radius 3 is 3.06 bits per heavy atom. The normalized spacial score (nSPS) is 15.9. The molecule has 0 amide bonds. The third-order valence-electron chi connectivity index (χ3n) is 3.09. The quantitative estimate of drug-likeness (QED) is 0.705. The third kappa shape index (κ3) is 3.06. The minimum absolute atomic E-state index is 0.739. The van der Waals surface area contributed by atoms with Crippen LogP contribution in [0.25, 0.3) is 0 Å². The zero-order valence-corrected chi connectivity index (χ0v) is 10.3. The van der Waals surface area contributed by atoms with Crippen LogP contribution in [0.4, 0.5) is 0 Å². The monoisotopic (exact) mass is 222 g/mol. The molecular formula is C12H22N4. The molecule has 0 unspecified atom stereocenters. The van der Waals surface area contributed by atoms with E-state index in [1.807, 2.05) is 19.6 Å². The van der Waals surface area contributed by atoms with Crippen molar-refractivity contribution in [3.8, 4) is 0 Å². The second kappa shape index (κ2) is 5.46. The molecule has 1 heterocycles. The Balaban J connectivity index is 1.80. The predicted octanol–water partition coefficient (Wildman–Crippen LogP) is 1.26. The molecule has 1 aromatic rings. The Bertz CT molecular complexity index is 317. The minimum atomic E-state index is 0.739. The molecule has 4 nitrogen and oxygen atoms in total. The average Bonchev–Trinajstić information content (AvgIpc) is 3.01. The van der Waals surface area contributed by atoms with Crippen LogP contribution in [0.3, 0.4) is 0 Å². The lowest BCUT2D eigenvalue weighted by molar-refractivity contribution is 0.312. The molecule has 0 aromatic carbocycles. The molecule has 1 aromatic heterocycles. The molecule has 2 rings (SSSR count). The van der Waals surface area contributed by atoms with E-state index in [2.05, 4.69) is 26.8 Å². The lowest BCUT2D eigenvalue weighted by Gasteiger charge is -2.17. The van der Waals surface area contributed by atoms with E-state index in [0.717, 1.165) is 25.7 Å². The number of hydrogen-bond acceptors (Lipinski definition) is 3. The molecule has 1 N–H and O–H groups in total. The lowest BCUT2D eigenvalue weighted by atomic mass is 10.3. The summed E-state index contributed by atoms with van der Waals surface area (Å²) < 4.78 is 2.34. The van der Waals surface area contributed by atoms with Crippen LogP contribution in [0, 0.1) is 0 Å². The van der Waals surface area contributed by atoms with Gasteiger partial charge in [0.05, 0.1) is 12.0 Å². The van der Waals surface area contributed by atoms with Gasteiger partial charge in [0.25, 0.3) is 0 Å². The van der Waals surface area contributed by atoms with Crippen LogP contribution in [0.2, 0.25) is 0 Å². The zero-order chi connectivity index (χ0) is 11.4. The summed E-state index contributed by atoms with van der Waals surface area (Å²) in [5.74, 6) is 0. The fraction of sp³-hybridized carbons (Fsp3) is 0.750. The Kier molecular flexibility index (Phi) is 3.96. The van der Waals surface area contributed by atoms with Crippen molar-refractivity contribution in [3.05, 3.63) is 18.2 Å². The zero-order valence-electron chi connectivity index (χ0n) is 10.3. The molecule has 90 valence electrons. The molecule has 0 aliphatic heterocycles. The van der Waals surface area contributed by atoms with E-state index in [-0.39, 0.29) is 0 Å². The first-order valence-corrected chi connectivity index (χ1v) is 6.15. The fourth-order valence-electron chi connectivity index (χ4n) is 2.02. The van der Waals surface area contributed by atoms with Crippen LogP contribution < -0.4 is 5.32 Å². The van der Waals surface area contributed by atoms with Crippen molar-refractivity contribution in [2.75, 3.05) is 27.2 Å². The van der Waals surface area contributed by atoms with Gasteiger partial charge in [0.15, 0.2) is 0 Å². The summed E-state index contributed by atoms with van der Waals surface area (Å²) in [7, 11) is 4.18. The van der Waals surface area contributed by atoms with Gasteiger partial charge in [-0.15, -0.1) is 0 Å². The maximum Gasteiger partial charge on any atom is 0.0951 e. The van der Waals surface area contributed by atoms with Gasteiger partial charge < -0.3 is 14.8 Å². The van der Waals surface area contributed by atoms with Crippen molar-refractivity contribution in [1.82, 2.24) is 19.8 Å². The maximum atomic E-state index is 4.26. The Hall–Kier alpha value is -0.870. The van der Waals surface area contributed by atoms with Crippen LogP contribution in [0.1, 0.15) is 31.0 Å². The summed E-state index contributed by atoms with van der Waals surface area (Å²) in [6.07, 6.45) is 7.84. The molecule has 1 aliphatic carbocycles. The maximum absolute atomic E-state index is 4.26. The summed E-state index contributed by atoms with van der Waals surface area (Å²) >= 11 is 0. The van der Waals surface area contributed by atoms with Crippen LogP contribution >= 0.6 is 0 Å². The van der Waals surface area contributed by atoms with Gasteiger partial charge in [0.2, 0.25) is 0 Å². The van der Waals surface area contributed by atoms with Crippen molar-refractivity contribution in [1.29, 1.82) is 0 Å². The van der Waals surface area contributed by atoms with Gasteiger partial charge in [0.1, 0.15) is 0 Å². The Morgan fingerprint density at radius 2 is 2.38 bits per heavy atom. The summed E-state index contributed by atoms with van der Waals surface area (Å²) in [6.45, 7) is 3.24. The summed E-state index contributed by atoms with van der Waals surface area (Å²) in [4.78, 5) is 6.63. The number of nitrogens with one attached hydrogen (secondary N) is 1. The number of nitrogens with zero attached hydrogens (tertiary/aromatic N) is 3. The molecule has 1 aliphatic rings. The molecule has 0 bridgehead atoms. The first kappa shape index (κ1) is 11.6. The van der Waals surface area contributed by atoms with E-state index < -0.39 is 0 Å². The van der Waals surface area contributed by atoms with Gasteiger partial charge in [-0.25, -0.2) is 4.98 Å². The third-order valence-corrected chi connectivity index (χ3v) is 3.09. The van der Waals surface area contributed by atoms with Crippen molar-refractivity contribution in [2.45, 2.75) is 31.8 Å². The summed E-state index contributed by atoms with van der Waals surface area (Å²) in [6, 6.07) is 0.739. The number of imidazole rings is 1. The molecular weight excluding hydrogens is 200 g/mol. The van der Waals surface area contributed by atoms with Gasteiger partial charge in [-0.3, -0.25) is 0 Å². The van der Waals surface area contributed by atoms with E-state index >= 15 is 0 Å². The van der Waals surface area contributed by atoms with Gasteiger partial charge in [0, 0.05) is 18.8 Å². The van der Waals surface area contributed by atoms with Crippen molar-refractivity contribution < 1.29 is 0 Å². The number of hydrogen-bond donors (Lipinski definition) is 1. The van der Waals surface area contributed by atoms with Crippen LogP contribution in [-0.2, 0) is 6.54 Å². The summed E-state index contributed by atoms with van der Waals surface area (Å²) in [5.41, 5.74) is 1.36. The van der Waals surface area contributed by atoms with E-state index in [4.69, 9.17) is 0 Å². The SMILES string of the molecule is CNCCCN(C)Cc1cncn1C1CC1. The van der Waals surface area contributed by atoms with Crippen molar-refractivity contribution in [2.24, 2.45) is 0 Å². The molecule has 0 saturated heterocycles. The van der Waals surface area contributed by atoms with Crippen molar-refractivity contribution in [3.63, 3.8) is 0 Å². The van der Waals surface area contributed by atoms with Gasteiger partial charge in [-0.05, 0) is 46.4 Å². The second-order valence-corrected chi connectivity index (χ2v) is 4.72. The van der Waals surface area contributed by atoms with Crippen molar-refractivity contribution >= 4 is 0 Å². The first-order valence-electron chi connectivity index (χ1n) is 6.15. The molecule has 1 saturated carbocycles. The smallest absolute Gasteiger partial charge is 0.0951 e. The highest BCUT2D eigenvalue weighted by atomic mass is 15.2. The largest absolute Gasteiger partial charge is 0.330 e. The van der Waals surface area contributed by atoms with Gasteiger partial charge in [-0.2, -0.15) is 0 Å². The standard InChI is InChI=1S/C12H22N4/c1-13-6-3-7-15(2)9-12-8-14-10-16(12)11-4-5-11/h8,10-11,13H,3-7,9H2,1-2H3. The molecule has 0 spiro atoms. The molecule has 16 heavy (non-hydrogen) atoms. The molecule has 4 heteroatoms. The molecule has 0 atom stereocenters. The van der Waals surface area contributed by atoms with Crippen LogP contribution in [0.5, 0.6) is 0 Å². The predicted molar refractivity (Wildman–Crippen MR) is 65.4 cm³/mol. The average molecular weight is 222 g/mol. The minimum Gasteiger partial charge on any atom is -0.330 e. The fourth-order valence-corrected chi connectivity index (χ4v) is 2.02.